The molecule has 2 heterocycles. The molecule has 0 radical (unpaired) electrons. The fourth-order valence-corrected chi connectivity index (χ4v) is 3.22. The van der Waals surface area contributed by atoms with Gasteiger partial charge in [0.15, 0.2) is 0 Å². The van der Waals surface area contributed by atoms with Crippen molar-refractivity contribution < 1.29 is 4.74 Å². The number of hydrogen-bond donors (Lipinski definition) is 1. The first-order valence-electron chi connectivity index (χ1n) is 4.38. The average molecular weight is 262 g/mol. The second-order valence-corrected chi connectivity index (χ2v) is 4.83. The lowest BCUT2D eigenvalue weighted by molar-refractivity contribution is 0.0497. The maximum Gasteiger partial charge on any atom is 0.0849 e. The summed E-state index contributed by atoms with van der Waals surface area (Å²) in [6, 6.07) is 0. The predicted octanol–water partition coefficient (Wildman–Crippen LogP) is 2.69. The molecule has 0 saturated carbocycles. The molecular formula is C9H12BrNOS. The molecule has 2 N–H and O–H groups in total. The van der Waals surface area contributed by atoms with E-state index in [4.69, 9.17) is 10.5 Å². The van der Waals surface area contributed by atoms with Crippen LogP contribution in [-0.2, 0) is 4.74 Å². The number of hydrogen-bond acceptors (Lipinski definition) is 3. The second-order valence-electron chi connectivity index (χ2n) is 3.23. The molecule has 0 amide bonds. The number of thiophene rings is 1. The molecule has 1 aliphatic heterocycles. The third-order valence-corrected chi connectivity index (χ3v) is 4.11. The van der Waals surface area contributed by atoms with E-state index in [9.17, 15) is 0 Å². The van der Waals surface area contributed by atoms with Crippen molar-refractivity contribution in [1.29, 1.82) is 0 Å². The molecule has 13 heavy (non-hydrogen) atoms. The van der Waals surface area contributed by atoms with Crippen LogP contribution in [0.3, 0.4) is 0 Å². The van der Waals surface area contributed by atoms with E-state index in [0.717, 1.165) is 12.8 Å². The smallest absolute Gasteiger partial charge is 0.0849 e. The van der Waals surface area contributed by atoms with Crippen molar-refractivity contribution in [2.45, 2.75) is 25.0 Å². The Morgan fingerprint density at radius 3 is 2.92 bits per heavy atom. The standard InChI is InChI=1S/C9H12BrNOS/c10-8-5-13-4-7(8)9-2-1-6(3-11)12-9/h4-6,9H,1-3,11H2. The largest absolute Gasteiger partial charge is 0.369 e. The van der Waals surface area contributed by atoms with Crippen LogP contribution in [0.15, 0.2) is 15.2 Å². The molecule has 0 aliphatic carbocycles. The minimum absolute atomic E-state index is 0.258. The zero-order chi connectivity index (χ0) is 9.26. The Kier molecular flexibility index (Phi) is 3.03. The Hall–Kier alpha value is 0.1000. The quantitative estimate of drug-likeness (QED) is 0.889. The molecule has 4 heteroatoms. The van der Waals surface area contributed by atoms with Crippen molar-refractivity contribution >= 4 is 27.3 Å². The minimum atomic E-state index is 0.258. The van der Waals surface area contributed by atoms with Crippen molar-refractivity contribution in [1.82, 2.24) is 0 Å². The summed E-state index contributed by atoms with van der Waals surface area (Å²) in [5, 5.41) is 4.24. The van der Waals surface area contributed by atoms with Crippen LogP contribution in [0.2, 0.25) is 0 Å². The number of ether oxygens (including phenoxy) is 1. The summed E-state index contributed by atoms with van der Waals surface area (Å²) in [7, 11) is 0. The SMILES string of the molecule is NCC1CCC(c2cscc2Br)O1. The van der Waals surface area contributed by atoms with E-state index >= 15 is 0 Å². The Bertz CT molecular complexity index is 289. The Balaban J connectivity index is 2.08. The minimum Gasteiger partial charge on any atom is -0.369 e. The monoisotopic (exact) mass is 261 g/mol. The van der Waals surface area contributed by atoms with Crippen molar-refractivity contribution in [3.63, 3.8) is 0 Å². The molecule has 1 aliphatic rings. The molecule has 2 atom stereocenters. The van der Waals surface area contributed by atoms with Gasteiger partial charge in [-0.2, -0.15) is 11.3 Å². The molecule has 1 fully saturated rings. The third-order valence-electron chi connectivity index (χ3n) is 2.36. The molecule has 0 aromatic carbocycles. The van der Waals surface area contributed by atoms with Crippen molar-refractivity contribution in [3.05, 3.63) is 20.8 Å². The van der Waals surface area contributed by atoms with Crippen LogP contribution in [0, 0.1) is 0 Å². The lowest BCUT2D eigenvalue weighted by Gasteiger charge is -2.11. The van der Waals surface area contributed by atoms with Gasteiger partial charge in [0.25, 0.3) is 0 Å². The van der Waals surface area contributed by atoms with Gasteiger partial charge in [-0.05, 0) is 34.2 Å². The van der Waals surface area contributed by atoms with Crippen LogP contribution >= 0.6 is 27.3 Å². The van der Waals surface area contributed by atoms with Gasteiger partial charge in [-0.3, -0.25) is 0 Å². The molecule has 2 nitrogen and oxygen atoms in total. The van der Waals surface area contributed by atoms with Crippen LogP contribution in [0.1, 0.15) is 24.5 Å². The van der Waals surface area contributed by atoms with Gasteiger partial charge in [-0.15, -0.1) is 0 Å². The highest BCUT2D eigenvalue weighted by molar-refractivity contribution is 9.10. The molecule has 2 rings (SSSR count). The highest BCUT2D eigenvalue weighted by Crippen LogP contribution is 2.37. The van der Waals surface area contributed by atoms with Gasteiger partial charge in [0.05, 0.1) is 12.2 Å². The zero-order valence-corrected chi connectivity index (χ0v) is 9.61. The summed E-state index contributed by atoms with van der Waals surface area (Å²) in [6.45, 7) is 0.637. The number of rotatable bonds is 2. The summed E-state index contributed by atoms with van der Waals surface area (Å²) in [5.74, 6) is 0. The molecule has 0 bridgehead atoms. The normalized spacial score (nSPS) is 28.2. The third kappa shape index (κ3) is 1.96. The number of halogens is 1. The fraction of sp³-hybridized carbons (Fsp3) is 0.556. The Morgan fingerprint density at radius 1 is 1.54 bits per heavy atom. The van der Waals surface area contributed by atoms with Gasteiger partial charge in [-0.1, -0.05) is 0 Å². The lowest BCUT2D eigenvalue weighted by atomic mass is 10.1. The van der Waals surface area contributed by atoms with Gasteiger partial charge < -0.3 is 10.5 Å². The van der Waals surface area contributed by atoms with E-state index in [1.165, 1.54) is 10.0 Å². The van der Waals surface area contributed by atoms with Gasteiger partial charge in [0.2, 0.25) is 0 Å². The van der Waals surface area contributed by atoms with E-state index in [1.807, 2.05) is 0 Å². The molecule has 72 valence electrons. The molecular weight excluding hydrogens is 250 g/mol. The zero-order valence-electron chi connectivity index (χ0n) is 7.20. The Morgan fingerprint density at radius 2 is 2.38 bits per heavy atom. The molecule has 1 saturated heterocycles. The van der Waals surface area contributed by atoms with Gasteiger partial charge in [0, 0.05) is 22.0 Å². The predicted molar refractivity (Wildman–Crippen MR) is 57.9 cm³/mol. The summed E-state index contributed by atoms with van der Waals surface area (Å²) in [4.78, 5) is 0. The van der Waals surface area contributed by atoms with E-state index in [-0.39, 0.29) is 12.2 Å². The van der Waals surface area contributed by atoms with Crippen LogP contribution in [-0.4, -0.2) is 12.6 Å². The van der Waals surface area contributed by atoms with Gasteiger partial charge >= 0.3 is 0 Å². The van der Waals surface area contributed by atoms with Crippen molar-refractivity contribution in [2.24, 2.45) is 5.73 Å². The average Bonchev–Trinajstić information content (AvgIpc) is 2.71. The van der Waals surface area contributed by atoms with Crippen molar-refractivity contribution in [3.8, 4) is 0 Å². The maximum atomic E-state index is 5.79. The summed E-state index contributed by atoms with van der Waals surface area (Å²) < 4.78 is 6.95. The van der Waals surface area contributed by atoms with E-state index in [0.29, 0.717) is 6.54 Å². The summed E-state index contributed by atoms with van der Waals surface area (Å²) in [5.41, 5.74) is 6.83. The highest BCUT2D eigenvalue weighted by atomic mass is 79.9. The first-order valence-corrected chi connectivity index (χ1v) is 6.12. The van der Waals surface area contributed by atoms with Gasteiger partial charge in [0.1, 0.15) is 0 Å². The topological polar surface area (TPSA) is 35.2 Å². The van der Waals surface area contributed by atoms with Gasteiger partial charge in [-0.25, -0.2) is 0 Å². The van der Waals surface area contributed by atoms with Crippen LogP contribution in [0.4, 0.5) is 0 Å². The fourth-order valence-electron chi connectivity index (χ4n) is 1.63. The van der Waals surface area contributed by atoms with Crippen LogP contribution in [0.5, 0.6) is 0 Å². The van der Waals surface area contributed by atoms with E-state index in [2.05, 4.69) is 26.7 Å². The Labute approximate surface area is 90.2 Å². The maximum absolute atomic E-state index is 5.79. The summed E-state index contributed by atoms with van der Waals surface area (Å²) in [6.07, 6.45) is 2.70. The number of nitrogens with two attached hydrogens (primary N) is 1. The van der Waals surface area contributed by atoms with E-state index in [1.54, 1.807) is 11.3 Å². The lowest BCUT2D eigenvalue weighted by Crippen LogP contribution is -2.18. The van der Waals surface area contributed by atoms with Crippen LogP contribution in [0.25, 0.3) is 0 Å². The first kappa shape index (κ1) is 9.65. The highest BCUT2D eigenvalue weighted by Gasteiger charge is 2.26. The van der Waals surface area contributed by atoms with E-state index < -0.39 is 0 Å². The second kappa shape index (κ2) is 4.09. The molecule has 1 aromatic rings. The van der Waals surface area contributed by atoms with Crippen molar-refractivity contribution in [2.75, 3.05) is 6.54 Å². The molecule has 0 spiro atoms. The summed E-state index contributed by atoms with van der Waals surface area (Å²) >= 11 is 5.22. The first-order chi connectivity index (χ1) is 6.31. The van der Waals surface area contributed by atoms with Crippen LogP contribution < -0.4 is 5.73 Å². The molecule has 2 unspecified atom stereocenters. The molecule has 1 aromatic heterocycles.